The Labute approximate surface area is 69.8 Å². The Morgan fingerprint density at radius 1 is 1.18 bits per heavy atom. The summed E-state index contributed by atoms with van der Waals surface area (Å²) < 4.78 is 0. The first-order chi connectivity index (χ1) is 4.81. The molecule has 66 valence electrons. The minimum Gasteiger partial charge on any atom is -0.297 e. The predicted molar refractivity (Wildman–Crippen MR) is 48.5 cm³/mol. The summed E-state index contributed by atoms with van der Waals surface area (Å²) in [5, 5.41) is 7.05. The van der Waals surface area contributed by atoms with Gasteiger partial charge in [-0.05, 0) is 41.0 Å². The molecule has 1 aliphatic heterocycles. The van der Waals surface area contributed by atoms with Gasteiger partial charge in [0.15, 0.2) is 0 Å². The average molecular weight is 156 g/mol. The van der Waals surface area contributed by atoms with Gasteiger partial charge in [0.2, 0.25) is 0 Å². The van der Waals surface area contributed by atoms with Crippen LogP contribution in [0.1, 0.15) is 41.0 Å². The van der Waals surface area contributed by atoms with Gasteiger partial charge in [-0.2, -0.15) is 0 Å². The van der Waals surface area contributed by atoms with Gasteiger partial charge < -0.3 is 0 Å². The molecular weight excluding hydrogens is 136 g/mol. The third kappa shape index (κ3) is 2.46. The fourth-order valence-electron chi connectivity index (χ4n) is 2.37. The lowest BCUT2D eigenvalue weighted by molar-refractivity contribution is 0.130. The van der Waals surface area contributed by atoms with Crippen molar-refractivity contribution in [1.82, 2.24) is 10.6 Å². The van der Waals surface area contributed by atoms with E-state index in [1.54, 1.807) is 0 Å². The van der Waals surface area contributed by atoms with Gasteiger partial charge in [-0.15, -0.1) is 0 Å². The first-order valence-electron chi connectivity index (χ1n) is 4.38. The van der Waals surface area contributed by atoms with E-state index < -0.39 is 0 Å². The lowest BCUT2D eigenvalue weighted by Gasteiger charge is -2.46. The molecule has 0 aliphatic carbocycles. The van der Waals surface area contributed by atoms with E-state index in [1.807, 2.05) is 0 Å². The van der Waals surface area contributed by atoms with Crippen LogP contribution in [0.5, 0.6) is 0 Å². The van der Waals surface area contributed by atoms with Crippen molar-refractivity contribution in [2.24, 2.45) is 0 Å². The van der Waals surface area contributed by atoms with Crippen molar-refractivity contribution in [3.63, 3.8) is 0 Å². The molecule has 1 aliphatic rings. The molecule has 0 saturated carbocycles. The van der Waals surface area contributed by atoms with Gasteiger partial charge in [0, 0.05) is 11.6 Å². The zero-order valence-corrected chi connectivity index (χ0v) is 8.28. The normalized spacial score (nSPS) is 35.2. The van der Waals surface area contributed by atoms with E-state index in [1.165, 1.54) is 6.42 Å². The molecule has 11 heavy (non-hydrogen) atoms. The largest absolute Gasteiger partial charge is 0.297 e. The van der Waals surface area contributed by atoms with Gasteiger partial charge in [-0.1, -0.05) is 0 Å². The van der Waals surface area contributed by atoms with Crippen LogP contribution in [-0.4, -0.2) is 17.2 Å². The van der Waals surface area contributed by atoms with Crippen LogP contribution >= 0.6 is 0 Å². The lowest BCUT2D eigenvalue weighted by Crippen LogP contribution is -2.67. The summed E-state index contributed by atoms with van der Waals surface area (Å²) in [5.41, 5.74) is 0.356. The predicted octanol–water partition coefficient (Wildman–Crippen LogP) is 1.47. The minimum atomic E-state index is 0.0845. The molecule has 0 spiro atoms. The Balaban J connectivity index is 2.66. The Hall–Kier alpha value is -0.0800. The number of hydrogen-bond donors (Lipinski definition) is 2. The number of nitrogens with one attached hydrogen (secondary N) is 2. The third-order valence-electron chi connectivity index (χ3n) is 2.07. The molecule has 1 atom stereocenters. The Bertz CT molecular complexity index is 134. The molecule has 2 N–H and O–H groups in total. The smallest absolute Gasteiger partial charge is 0.0635 e. The van der Waals surface area contributed by atoms with Crippen molar-refractivity contribution in [3.8, 4) is 0 Å². The maximum Gasteiger partial charge on any atom is 0.0635 e. The monoisotopic (exact) mass is 156 g/mol. The first-order valence-corrected chi connectivity index (χ1v) is 4.38. The highest BCUT2D eigenvalue weighted by Gasteiger charge is 2.34. The third-order valence-corrected chi connectivity index (χ3v) is 2.07. The molecule has 1 rings (SSSR count). The van der Waals surface area contributed by atoms with Crippen LogP contribution in [0.3, 0.4) is 0 Å². The standard InChI is InChI=1S/C9H20N2/c1-7-6-8(2,3)11-9(4,5)10-7/h7,10-11H,6H2,1-5H3. The summed E-state index contributed by atoms with van der Waals surface area (Å²) >= 11 is 0. The molecule has 1 saturated heterocycles. The van der Waals surface area contributed by atoms with Crippen molar-refractivity contribution < 1.29 is 0 Å². The number of rotatable bonds is 0. The van der Waals surface area contributed by atoms with Crippen molar-refractivity contribution >= 4 is 0 Å². The van der Waals surface area contributed by atoms with E-state index in [0.717, 1.165) is 0 Å². The highest BCUT2D eigenvalue weighted by molar-refractivity contribution is 4.95. The van der Waals surface area contributed by atoms with Gasteiger partial charge >= 0.3 is 0 Å². The van der Waals surface area contributed by atoms with Crippen LogP contribution in [0, 0.1) is 0 Å². The summed E-state index contributed by atoms with van der Waals surface area (Å²) in [5.74, 6) is 0. The van der Waals surface area contributed by atoms with Gasteiger partial charge in [0.1, 0.15) is 0 Å². The van der Waals surface area contributed by atoms with Crippen molar-refractivity contribution in [3.05, 3.63) is 0 Å². The zero-order valence-electron chi connectivity index (χ0n) is 8.28. The van der Waals surface area contributed by atoms with E-state index in [-0.39, 0.29) is 11.2 Å². The Morgan fingerprint density at radius 2 is 1.73 bits per heavy atom. The van der Waals surface area contributed by atoms with Crippen molar-refractivity contribution in [2.45, 2.75) is 58.3 Å². The zero-order chi connectivity index (χ0) is 8.70. The van der Waals surface area contributed by atoms with E-state index in [2.05, 4.69) is 45.3 Å². The number of hydrogen-bond acceptors (Lipinski definition) is 2. The second-order valence-corrected chi connectivity index (χ2v) is 4.88. The molecule has 2 heteroatoms. The van der Waals surface area contributed by atoms with Crippen LogP contribution in [0.2, 0.25) is 0 Å². The summed E-state index contributed by atoms with van der Waals surface area (Å²) in [6.07, 6.45) is 1.19. The quantitative estimate of drug-likeness (QED) is 0.555. The van der Waals surface area contributed by atoms with Crippen LogP contribution in [0.4, 0.5) is 0 Å². The summed E-state index contributed by atoms with van der Waals surface area (Å²) in [7, 11) is 0. The second kappa shape index (κ2) is 2.46. The van der Waals surface area contributed by atoms with Crippen LogP contribution in [0.15, 0.2) is 0 Å². The van der Waals surface area contributed by atoms with Crippen LogP contribution < -0.4 is 10.6 Å². The molecule has 1 heterocycles. The average Bonchev–Trinajstić information content (AvgIpc) is 1.49. The highest BCUT2D eigenvalue weighted by atomic mass is 15.2. The van der Waals surface area contributed by atoms with Gasteiger partial charge in [-0.3, -0.25) is 10.6 Å². The maximum absolute atomic E-state index is 3.55. The Morgan fingerprint density at radius 3 is 2.09 bits per heavy atom. The Kier molecular flexibility index (Phi) is 2.01. The fourth-order valence-corrected chi connectivity index (χ4v) is 2.37. The maximum atomic E-state index is 3.55. The molecular formula is C9H20N2. The van der Waals surface area contributed by atoms with Crippen LogP contribution in [-0.2, 0) is 0 Å². The second-order valence-electron chi connectivity index (χ2n) is 4.88. The van der Waals surface area contributed by atoms with Crippen molar-refractivity contribution in [1.29, 1.82) is 0 Å². The van der Waals surface area contributed by atoms with Crippen molar-refractivity contribution in [2.75, 3.05) is 0 Å². The van der Waals surface area contributed by atoms with E-state index in [9.17, 15) is 0 Å². The van der Waals surface area contributed by atoms with Gasteiger partial charge in [0.25, 0.3) is 0 Å². The summed E-state index contributed by atoms with van der Waals surface area (Å²) in [4.78, 5) is 0. The van der Waals surface area contributed by atoms with Gasteiger partial charge in [-0.25, -0.2) is 0 Å². The molecule has 0 radical (unpaired) electrons. The van der Waals surface area contributed by atoms with E-state index in [0.29, 0.717) is 6.04 Å². The van der Waals surface area contributed by atoms with E-state index in [4.69, 9.17) is 0 Å². The van der Waals surface area contributed by atoms with Crippen LogP contribution in [0.25, 0.3) is 0 Å². The first kappa shape index (κ1) is 9.01. The summed E-state index contributed by atoms with van der Waals surface area (Å²) in [6, 6.07) is 0.612. The topological polar surface area (TPSA) is 24.1 Å². The molecule has 0 bridgehead atoms. The highest BCUT2D eigenvalue weighted by Crippen LogP contribution is 2.21. The molecule has 2 nitrogen and oxygen atoms in total. The SMILES string of the molecule is CC1CC(C)(C)NC(C)(C)N1. The molecule has 1 unspecified atom stereocenters. The van der Waals surface area contributed by atoms with Gasteiger partial charge in [0.05, 0.1) is 5.66 Å². The van der Waals surface area contributed by atoms with E-state index >= 15 is 0 Å². The fraction of sp³-hybridized carbons (Fsp3) is 1.00. The molecule has 0 aromatic rings. The molecule has 0 aromatic heterocycles. The summed E-state index contributed by atoms with van der Waals surface area (Å²) in [6.45, 7) is 11.1. The minimum absolute atomic E-state index is 0.0845. The molecule has 0 amide bonds. The lowest BCUT2D eigenvalue weighted by atomic mass is 9.90. The molecule has 1 fully saturated rings. The molecule has 0 aromatic carbocycles.